The quantitative estimate of drug-likeness (QED) is 0.525. The summed E-state index contributed by atoms with van der Waals surface area (Å²) in [5.74, 6) is 0.846. The average Bonchev–Trinajstić information content (AvgIpc) is 3.00. The molecule has 0 saturated carbocycles. The minimum Gasteiger partial charge on any atom is -0.195 e. The van der Waals surface area contributed by atoms with Gasteiger partial charge < -0.3 is 0 Å². The minimum absolute atomic E-state index is 0.787. The lowest BCUT2D eigenvalue weighted by atomic mass is 10.2. The Morgan fingerprint density at radius 3 is 2.70 bits per heavy atom. The smallest absolute Gasteiger partial charge is 0.195 e. The summed E-state index contributed by atoms with van der Waals surface area (Å²) in [6.45, 7) is 4.16. The van der Waals surface area contributed by atoms with Crippen LogP contribution >= 0.6 is 11.8 Å². The van der Waals surface area contributed by atoms with Gasteiger partial charge in [-0.05, 0) is 25.0 Å². The van der Waals surface area contributed by atoms with Crippen LogP contribution < -0.4 is 0 Å². The lowest BCUT2D eigenvalue weighted by Gasteiger charge is -2.02. The summed E-state index contributed by atoms with van der Waals surface area (Å²) < 4.78 is 1.71. The first-order valence-corrected chi connectivity index (χ1v) is 8.39. The second-order valence-electron chi connectivity index (χ2n) is 5.39. The largest absolute Gasteiger partial charge is 0.212 e. The molecule has 0 aliphatic carbocycles. The van der Waals surface area contributed by atoms with Gasteiger partial charge in [0.15, 0.2) is 0 Å². The number of rotatable bonds is 5. The van der Waals surface area contributed by atoms with Gasteiger partial charge in [0.25, 0.3) is 0 Å². The Bertz CT molecular complexity index is 806. The number of nitrogens with zero attached hydrogens (tertiary/aromatic N) is 4. The normalized spacial score (nSPS) is 11.2. The Labute approximate surface area is 140 Å². The van der Waals surface area contributed by atoms with E-state index in [9.17, 15) is 0 Å². The third kappa shape index (κ3) is 4.29. The summed E-state index contributed by atoms with van der Waals surface area (Å²) in [5, 5.41) is 13.3. The van der Waals surface area contributed by atoms with Crippen LogP contribution in [0.2, 0.25) is 0 Å². The Morgan fingerprint density at radius 1 is 1.09 bits per heavy atom. The molecule has 1 heterocycles. The molecule has 3 aromatic rings. The number of hydrogen-bond donors (Lipinski definition) is 0. The van der Waals surface area contributed by atoms with Crippen LogP contribution in [-0.4, -0.2) is 21.1 Å². The van der Waals surface area contributed by atoms with Crippen LogP contribution in [0, 0.1) is 13.8 Å². The third-order valence-corrected chi connectivity index (χ3v) is 4.37. The molecule has 23 heavy (non-hydrogen) atoms. The van der Waals surface area contributed by atoms with Crippen LogP contribution in [0.25, 0.3) is 0 Å². The highest BCUT2D eigenvalue weighted by molar-refractivity contribution is 7.98. The summed E-state index contributed by atoms with van der Waals surface area (Å²) in [6.07, 6.45) is 3.45. The van der Waals surface area contributed by atoms with Crippen molar-refractivity contribution < 1.29 is 0 Å². The Hall–Kier alpha value is -2.40. The van der Waals surface area contributed by atoms with Gasteiger partial charge >= 0.3 is 0 Å². The molecule has 2 aromatic carbocycles. The average molecular weight is 322 g/mol. The maximum Gasteiger partial charge on any atom is 0.212 e. The van der Waals surface area contributed by atoms with Crippen molar-refractivity contribution in [2.45, 2.75) is 24.8 Å². The van der Waals surface area contributed by atoms with Crippen molar-refractivity contribution >= 4 is 18.0 Å². The molecule has 116 valence electrons. The monoisotopic (exact) mass is 322 g/mol. The number of aromatic nitrogens is 3. The van der Waals surface area contributed by atoms with Crippen LogP contribution in [0.15, 0.2) is 65.1 Å². The Morgan fingerprint density at radius 2 is 1.91 bits per heavy atom. The fourth-order valence-corrected chi connectivity index (χ4v) is 2.92. The highest BCUT2D eigenvalue weighted by atomic mass is 32.2. The zero-order chi connectivity index (χ0) is 16.1. The maximum atomic E-state index is 4.45. The van der Waals surface area contributed by atoms with E-state index in [1.54, 1.807) is 22.8 Å². The zero-order valence-corrected chi connectivity index (χ0v) is 14.0. The molecule has 0 N–H and O–H groups in total. The summed E-state index contributed by atoms with van der Waals surface area (Å²) >= 11 is 1.63. The lowest BCUT2D eigenvalue weighted by Crippen LogP contribution is -1.93. The van der Waals surface area contributed by atoms with Gasteiger partial charge in [0.05, 0.1) is 6.21 Å². The number of thioether (sulfide) groups is 1. The van der Waals surface area contributed by atoms with Crippen molar-refractivity contribution in [1.29, 1.82) is 0 Å². The molecule has 0 atom stereocenters. The predicted octanol–water partition coefficient (Wildman–Crippen LogP) is 4.07. The van der Waals surface area contributed by atoms with Crippen LogP contribution in [0.4, 0.5) is 0 Å². The number of hydrogen-bond acceptors (Lipinski definition) is 4. The standard InChI is InChI=1S/C18H18N4S/c1-14-6-8-16(9-7-14)12-23-18-21-19-13-22(18)20-11-17-5-3-4-15(2)10-17/h3-11,13H,12H2,1-2H3/b20-11+. The van der Waals surface area contributed by atoms with E-state index < -0.39 is 0 Å². The van der Waals surface area contributed by atoms with Crippen LogP contribution in [0.3, 0.4) is 0 Å². The van der Waals surface area contributed by atoms with Crippen molar-refractivity contribution in [1.82, 2.24) is 14.9 Å². The van der Waals surface area contributed by atoms with Crippen molar-refractivity contribution in [3.63, 3.8) is 0 Å². The van der Waals surface area contributed by atoms with Crippen molar-refractivity contribution in [2.24, 2.45) is 5.10 Å². The van der Waals surface area contributed by atoms with Gasteiger partial charge in [-0.1, -0.05) is 71.4 Å². The molecule has 0 aliphatic rings. The highest BCUT2D eigenvalue weighted by Crippen LogP contribution is 2.20. The first-order valence-electron chi connectivity index (χ1n) is 7.40. The van der Waals surface area contributed by atoms with Gasteiger partial charge in [-0.2, -0.15) is 9.78 Å². The van der Waals surface area contributed by atoms with Crippen molar-refractivity contribution in [3.8, 4) is 0 Å². The van der Waals surface area contributed by atoms with E-state index in [0.717, 1.165) is 16.5 Å². The molecule has 0 fully saturated rings. The fourth-order valence-electron chi connectivity index (χ4n) is 2.11. The first kappa shape index (κ1) is 15.5. The van der Waals surface area contributed by atoms with E-state index in [1.165, 1.54) is 16.7 Å². The number of benzene rings is 2. The molecule has 3 rings (SSSR count). The minimum atomic E-state index is 0.787. The van der Waals surface area contributed by atoms with Gasteiger partial charge in [0, 0.05) is 5.75 Å². The molecule has 5 heteroatoms. The van der Waals surface area contributed by atoms with Crippen LogP contribution in [0.5, 0.6) is 0 Å². The second-order valence-corrected chi connectivity index (χ2v) is 6.33. The third-order valence-electron chi connectivity index (χ3n) is 3.36. The van der Waals surface area contributed by atoms with Crippen molar-refractivity contribution in [3.05, 3.63) is 77.1 Å². The summed E-state index contributed by atoms with van der Waals surface area (Å²) in [4.78, 5) is 0. The van der Waals surface area contributed by atoms with E-state index in [0.29, 0.717) is 0 Å². The topological polar surface area (TPSA) is 43.1 Å². The molecule has 4 nitrogen and oxygen atoms in total. The molecule has 0 unspecified atom stereocenters. The van der Waals surface area contributed by atoms with E-state index in [-0.39, 0.29) is 0 Å². The Kier molecular flexibility index (Phi) is 4.88. The molecule has 1 aromatic heterocycles. The van der Waals surface area contributed by atoms with E-state index in [4.69, 9.17) is 0 Å². The maximum absolute atomic E-state index is 4.45. The molecule has 0 spiro atoms. The van der Waals surface area contributed by atoms with Crippen molar-refractivity contribution in [2.75, 3.05) is 0 Å². The highest BCUT2D eigenvalue weighted by Gasteiger charge is 2.04. The molecule has 0 saturated heterocycles. The predicted molar refractivity (Wildman–Crippen MR) is 94.9 cm³/mol. The second kappa shape index (κ2) is 7.24. The van der Waals surface area contributed by atoms with Gasteiger partial charge in [0.1, 0.15) is 6.33 Å². The lowest BCUT2D eigenvalue weighted by molar-refractivity contribution is 0.767. The SMILES string of the molecule is Cc1ccc(CSc2nncn2/N=C/c2cccc(C)c2)cc1. The summed E-state index contributed by atoms with van der Waals surface area (Å²) in [5.41, 5.74) is 4.81. The summed E-state index contributed by atoms with van der Waals surface area (Å²) in [6, 6.07) is 16.7. The number of aryl methyl sites for hydroxylation is 2. The fraction of sp³-hybridized carbons (Fsp3) is 0.167. The van der Waals surface area contributed by atoms with Gasteiger partial charge in [-0.3, -0.25) is 0 Å². The van der Waals surface area contributed by atoms with E-state index in [2.05, 4.69) is 65.5 Å². The van der Waals surface area contributed by atoms with Gasteiger partial charge in [0.2, 0.25) is 5.16 Å². The van der Waals surface area contributed by atoms with Gasteiger partial charge in [-0.25, -0.2) is 0 Å². The first-order chi connectivity index (χ1) is 11.2. The van der Waals surface area contributed by atoms with Gasteiger partial charge in [-0.15, -0.1) is 10.2 Å². The molecule has 0 radical (unpaired) electrons. The molecule has 0 amide bonds. The molecular formula is C18H18N4S. The van der Waals surface area contributed by atoms with E-state index in [1.807, 2.05) is 18.3 Å². The van der Waals surface area contributed by atoms with Crippen LogP contribution in [-0.2, 0) is 5.75 Å². The molecular weight excluding hydrogens is 304 g/mol. The summed E-state index contributed by atoms with van der Waals surface area (Å²) in [7, 11) is 0. The zero-order valence-electron chi connectivity index (χ0n) is 13.2. The van der Waals surface area contributed by atoms with E-state index >= 15 is 0 Å². The molecule has 0 bridgehead atoms. The Balaban J connectivity index is 1.68. The molecule has 0 aliphatic heterocycles. The van der Waals surface area contributed by atoms with Crippen LogP contribution in [0.1, 0.15) is 22.3 Å².